The first-order valence-electron chi connectivity index (χ1n) is 11.6. The molecule has 0 spiro atoms. The molecule has 0 radical (unpaired) electrons. The van der Waals surface area contributed by atoms with Crippen molar-refractivity contribution < 1.29 is 23.5 Å². The molecule has 2 aromatic carbocycles. The van der Waals surface area contributed by atoms with Gasteiger partial charge >= 0.3 is 12.2 Å². The van der Waals surface area contributed by atoms with Gasteiger partial charge < -0.3 is 24.5 Å². The molecule has 1 aromatic heterocycles. The van der Waals surface area contributed by atoms with Crippen molar-refractivity contribution in [2.75, 3.05) is 6.54 Å². The third kappa shape index (κ3) is 9.11. The number of nitrogens with zero attached hydrogens (tertiary/aromatic N) is 2. The predicted octanol–water partition coefficient (Wildman–Crippen LogP) is 5.40. The molecule has 9 heteroatoms. The first-order chi connectivity index (χ1) is 16.8. The van der Waals surface area contributed by atoms with Crippen LogP contribution in [0.1, 0.15) is 57.5 Å². The number of carbonyl (C=O) groups excluding carboxylic acids is 2. The second-order valence-electron chi connectivity index (χ2n) is 8.99. The Morgan fingerprint density at radius 1 is 0.943 bits per heavy atom. The van der Waals surface area contributed by atoms with Crippen molar-refractivity contribution in [2.24, 2.45) is 0 Å². The normalized spacial score (nSPS) is 12.0. The van der Waals surface area contributed by atoms with E-state index in [2.05, 4.69) is 20.8 Å². The minimum absolute atomic E-state index is 0.151. The smallest absolute Gasteiger partial charge is 0.408 e. The summed E-state index contributed by atoms with van der Waals surface area (Å²) in [6, 6.07) is 18.3. The first-order valence-corrected chi connectivity index (χ1v) is 11.6. The SMILES string of the molecule is CC(C)(C)OC(=O)NCCCCC(NC(=O)OCc1ccccc1)c1nnc(-c2ccccc2)o1. The van der Waals surface area contributed by atoms with E-state index in [4.69, 9.17) is 13.9 Å². The summed E-state index contributed by atoms with van der Waals surface area (Å²) < 4.78 is 16.5. The van der Waals surface area contributed by atoms with Crippen LogP contribution in [0.5, 0.6) is 0 Å². The van der Waals surface area contributed by atoms with Gasteiger partial charge in [-0.3, -0.25) is 0 Å². The van der Waals surface area contributed by atoms with E-state index in [0.717, 1.165) is 11.1 Å². The quantitative estimate of drug-likeness (QED) is 0.373. The third-order valence-electron chi connectivity index (χ3n) is 4.85. The molecule has 9 nitrogen and oxygen atoms in total. The fraction of sp³-hybridized carbons (Fsp3) is 0.385. The molecular formula is C26H32N4O5. The van der Waals surface area contributed by atoms with Crippen LogP contribution in [0.15, 0.2) is 65.1 Å². The molecule has 0 aliphatic heterocycles. The maximum absolute atomic E-state index is 12.5. The summed E-state index contributed by atoms with van der Waals surface area (Å²) in [6.45, 7) is 6.03. The molecule has 0 fully saturated rings. The van der Waals surface area contributed by atoms with Gasteiger partial charge in [0.15, 0.2) is 0 Å². The number of benzene rings is 2. The maximum Gasteiger partial charge on any atom is 0.408 e. The second kappa shape index (κ2) is 12.5. The molecule has 0 saturated heterocycles. The monoisotopic (exact) mass is 480 g/mol. The van der Waals surface area contributed by atoms with Crippen LogP contribution in [0, 0.1) is 0 Å². The maximum atomic E-state index is 12.5. The zero-order chi connectivity index (χ0) is 25.1. The van der Waals surface area contributed by atoms with E-state index in [-0.39, 0.29) is 6.61 Å². The lowest BCUT2D eigenvalue weighted by atomic mass is 10.1. The Morgan fingerprint density at radius 3 is 2.31 bits per heavy atom. The molecular weight excluding hydrogens is 448 g/mol. The van der Waals surface area contributed by atoms with Gasteiger partial charge in [0.1, 0.15) is 18.2 Å². The molecule has 1 heterocycles. The Bertz CT molecular complexity index is 1060. The predicted molar refractivity (Wildman–Crippen MR) is 130 cm³/mol. The highest BCUT2D eigenvalue weighted by molar-refractivity contribution is 5.68. The van der Waals surface area contributed by atoms with Gasteiger partial charge in [-0.2, -0.15) is 0 Å². The van der Waals surface area contributed by atoms with Crippen LogP contribution < -0.4 is 10.6 Å². The number of amides is 2. The summed E-state index contributed by atoms with van der Waals surface area (Å²) in [5.74, 6) is 0.664. The molecule has 0 aliphatic carbocycles. The lowest BCUT2D eigenvalue weighted by Gasteiger charge is -2.19. The van der Waals surface area contributed by atoms with Crippen molar-refractivity contribution in [1.82, 2.24) is 20.8 Å². The van der Waals surface area contributed by atoms with Crippen LogP contribution in [-0.4, -0.2) is 34.5 Å². The number of hydrogen-bond acceptors (Lipinski definition) is 7. The first kappa shape index (κ1) is 25.7. The van der Waals surface area contributed by atoms with Crippen molar-refractivity contribution in [1.29, 1.82) is 0 Å². The van der Waals surface area contributed by atoms with Gasteiger partial charge in [-0.25, -0.2) is 9.59 Å². The highest BCUT2D eigenvalue weighted by atomic mass is 16.6. The number of nitrogens with one attached hydrogen (secondary N) is 2. The number of alkyl carbamates (subject to hydrolysis) is 2. The van der Waals surface area contributed by atoms with Crippen LogP contribution in [-0.2, 0) is 16.1 Å². The number of aromatic nitrogens is 2. The molecule has 0 saturated carbocycles. The molecule has 0 aliphatic rings. The van der Waals surface area contributed by atoms with Crippen LogP contribution in [0.2, 0.25) is 0 Å². The Balaban J connectivity index is 1.57. The summed E-state index contributed by atoms with van der Waals surface area (Å²) in [5.41, 5.74) is 1.13. The van der Waals surface area contributed by atoms with Gasteiger partial charge in [-0.1, -0.05) is 48.5 Å². The molecule has 35 heavy (non-hydrogen) atoms. The summed E-state index contributed by atoms with van der Waals surface area (Å²) >= 11 is 0. The van der Waals surface area contributed by atoms with Crippen molar-refractivity contribution in [3.8, 4) is 11.5 Å². The van der Waals surface area contributed by atoms with E-state index in [1.807, 2.05) is 81.4 Å². The van der Waals surface area contributed by atoms with Crippen LogP contribution in [0.25, 0.3) is 11.5 Å². The number of hydrogen-bond donors (Lipinski definition) is 2. The van der Waals surface area contributed by atoms with E-state index in [1.165, 1.54) is 0 Å². The minimum Gasteiger partial charge on any atom is -0.445 e. The van der Waals surface area contributed by atoms with Crippen molar-refractivity contribution in [3.05, 3.63) is 72.1 Å². The van der Waals surface area contributed by atoms with E-state index in [0.29, 0.717) is 37.6 Å². The van der Waals surface area contributed by atoms with E-state index in [1.54, 1.807) is 0 Å². The molecule has 2 amide bonds. The summed E-state index contributed by atoms with van der Waals surface area (Å²) in [7, 11) is 0. The highest BCUT2D eigenvalue weighted by Gasteiger charge is 2.22. The molecule has 3 rings (SSSR count). The Morgan fingerprint density at radius 2 is 1.63 bits per heavy atom. The fourth-order valence-electron chi connectivity index (χ4n) is 3.22. The average Bonchev–Trinajstić information content (AvgIpc) is 3.32. The van der Waals surface area contributed by atoms with E-state index in [9.17, 15) is 9.59 Å². The molecule has 2 N–H and O–H groups in total. The molecule has 3 aromatic rings. The van der Waals surface area contributed by atoms with Crippen LogP contribution in [0.3, 0.4) is 0 Å². The average molecular weight is 481 g/mol. The van der Waals surface area contributed by atoms with E-state index < -0.39 is 23.8 Å². The largest absolute Gasteiger partial charge is 0.445 e. The van der Waals surface area contributed by atoms with Crippen LogP contribution >= 0.6 is 0 Å². The highest BCUT2D eigenvalue weighted by Crippen LogP contribution is 2.23. The number of carbonyl (C=O) groups is 2. The van der Waals surface area contributed by atoms with Crippen molar-refractivity contribution in [2.45, 2.75) is 58.3 Å². The Labute approximate surface area is 205 Å². The van der Waals surface area contributed by atoms with Crippen molar-refractivity contribution in [3.63, 3.8) is 0 Å². The number of unbranched alkanes of at least 4 members (excludes halogenated alkanes) is 1. The summed E-state index contributed by atoms with van der Waals surface area (Å²) in [5, 5.41) is 13.8. The molecule has 1 unspecified atom stereocenters. The van der Waals surface area contributed by atoms with Gasteiger partial charge in [-0.15, -0.1) is 10.2 Å². The summed E-state index contributed by atoms with van der Waals surface area (Å²) in [6.07, 6.45) is 0.845. The van der Waals surface area contributed by atoms with Gasteiger partial charge in [0.25, 0.3) is 0 Å². The summed E-state index contributed by atoms with van der Waals surface area (Å²) in [4.78, 5) is 24.3. The topological polar surface area (TPSA) is 116 Å². The van der Waals surface area contributed by atoms with Gasteiger partial charge in [0, 0.05) is 12.1 Å². The Hall–Kier alpha value is -3.88. The molecule has 0 bridgehead atoms. The molecule has 1 atom stereocenters. The van der Waals surface area contributed by atoms with E-state index >= 15 is 0 Å². The number of rotatable bonds is 10. The van der Waals surface area contributed by atoms with Crippen molar-refractivity contribution >= 4 is 12.2 Å². The zero-order valence-corrected chi connectivity index (χ0v) is 20.3. The van der Waals surface area contributed by atoms with Gasteiger partial charge in [-0.05, 0) is 57.7 Å². The van der Waals surface area contributed by atoms with Gasteiger partial charge in [0.05, 0.1) is 0 Å². The standard InChI is InChI=1S/C26H32N4O5/c1-26(2,3)35-24(31)27-17-11-10-16-21(28-25(32)33-18-19-12-6-4-7-13-19)23-30-29-22(34-23)20-14-8-5-9-15-20/h4-9,12-15,21H,10-11,16-18H2,1-3H3,(H,27,31)(H,28,32). The lowest BCUT2D eigenvalue weighted by molar-refractivity contribution is 0.0527. The second-order valence-corrected chi connectivity index (χ2v) is 8.99. The van der Waals surface area contributed by atoms with Crippen LogP contribution in [0.4, 0.5) is 9.59 Å². The van der Waals surface area contributed by atoms with Gasteiger partial charge in [0.2, 0.25) is 11.8 Å². The lowest BCUT2D eigenvalue weighted by Crippen LogP contribution is -2.33. The Kier molecular flexibility index (Phi) is 9.23. The number of ether oxygens (including phenoxy) is 2. The third-order valence-corrected chi connectivity index (χ3v) is 4.85. The fourth-order valence-corrected chi connectivity index (χ4v) is 3.22. The minimum atomic E-state index is -0.579. The molecule has 186 valence electrons. The zero-order valence-electron chi connectivity index (χ0n) is 20.3.